The van der Waals surface area contributed by atoms with E-state index < -0.39 is 5.97 Å². The number of carbonyl (C=O) groups is 2. The maximum absolute atomic E-state index is 12.2. The van der Waals surface area contributed by atoms with Gasteiger partial charge in [-0.25, -0.2) is 9.78 Å². The number of halogens is 1. The number of para-hydroxylation sites is 1. The zero-order valence-electron chi connectivity index (χ0n) is 14.8. The highest BCUT2D eigenvalue weighted by atomic mass is 35.5. The van der Waals surface area contributed by atoms with Gasteiger partial charge in [-0.3, -0.25) is 4.79 Å². The Labute approximate surface area is 161 Å². The predicted molar refractivity (Wildman–Crippen MR) is 103 cm³/mol. The number of rotatable bonds is 5. The minimum absolute atomic E-state index is 0.107. The van der Waals surface area contributed by atoms with E-state index in [1.54, 1.807) is 30.3 Å². The van der Waals surface area contributed by atoms with Gasteiger partial charge in [-0.05, 0) is 31.2 Å². The zero-order valence-corrected chi connectivity index (χ0v) is 15.5. The van der Waals surface area contributed by atoms with Crippen molar-refractivity contribution in [2.24, 2.45) is 0 Å². The van der Waals surface area contributed by atoms with Crippen LogP contribution in [0.2, 0.25) is 5.02 Å². The number of nitrogens with one attached hydrogen (secondary N) is 1. The third kappa shape index (κ3) is 4.35. The van der Waals surface area contributed by atoms with Crippen molar-refractivity contribution < 1.29 is 19.1 Å². The van der Waals surface area contributed by atoms with Crippen molar-refractivity contribution in [2.45, 2.75) is 6.92 Å². The summed E-state index contributed by atoms with van der Waals surface area (Å²) in [6.45, 7) is 1.68. The molecule has 0 saturated carbocycles. The number of fused-ring (bicyclic) bond motifs is 1. The monoisotopic (exact) mass is 384 g/mol. The summed E-state index contributed by atoms with van der Waals surface area (Å²) in [6, 6.07) is 13.9. The number of aromatic nitrogens is 1. The standard InChI is InChI=1S/C20H17ClN2O4/c1-12-7-8-15-13(9-12)18(10-17(22-15)20(25)26-2)27-11-19(24)23-16-6-4-3-5-14(16)21/h3-10H,11H2,1-2H3,(H,23,24). The number of esters is 1. The van der Waals surface area contributed by atoms with E-state index in [-0.39, 0.29) is 18.2 Å². The van der Waals surface area contributed by atoms with Crippen molar-refractivity contribution in [3.8, 4) is 5.75 Å². The molecule has 0 aliphatic heterocycles. The second kappa shape index (κ2) is 8.05. The molecule has 3 aromatic rings. The van der Waals surface area contributed by atoms with Gasteiger partial charge in [0.25, 0.3) is 5.91 Å². The van der Waals surface area contributed by atoms with Gasteiger partial charge in [0.2, 0.25) is 0 Å². The third-order valence-corrected chi connectivity index (χ3v) is 4.16. The summed E-state index contributed by atoms with van der Waals surface area (Å²) >= 11 is 6.04. The Hall–Kier alpha value is -3.12. The number of hydrogen-bond acceptors (Lipinski definition) is 5. The second-order valence-corrected chi connectivity index (χ2v) is 6.24. The van der Waals surface area contributed by atoms with E-state index in [0.29, 0.717) is 27.4 Å². The third-order valence-electron chi connectivity index (χ3n) is 3.83. The fraction of sp³-hybridized carbons (Fsp3) is 0.150. The van der Waals surface area contributed by atoms with E-state index in [2.05, 4.69) is 10.3 Å². The molecule has 3 rings (SSSR count). The van der Waals surface area contributed by atoms with Gasteiger partial charge < -0.3 is 14.8 Å². The van der Waals surface area contributed by atoms with Crippen molar-refractivity contribution in [1.29, 1.82) is 0 Å². The van der Waals surface area contributed by atoms with Crippen LogP contribution in [0, 0.1) is 6.92 Å². The molecule has 0 aliphatic rings. The second-order valence-electron chi connectivity index (χ2n) is 5.83. The summed E-state index contributed by atoms with van der Waals surface area (Å²) in [5.41, 5.74) is 2.18. The van der Waals surface area contributed by atoms with Gasteiger partial charge in [-0.15, -0.1) is 0 Å². The lowest BCUT2D eigenvalue weighted by molar-refractivity contribution is -0.118. The lowest BCUT2D eigenvalue weighted by atomic mass is 10.1. The molecule has 1 heterocycles. The number of pyridine rings is 1. The maximum atomic E-state index is 12.2. The molecule has 138 valence electrons. The molecule has 0 radical (unpaired) electrons. The van der Waals surface area contributed by atoms with E-state index >= 15 is 0 Å². The van der Waals surface area contributed by atoms with Crippen molar-refractivity contribution in [3.05, 3.63) is 64.8 Å². The Bertz CT molecular complexity index is 1020. The van der Waals surface area contributed by atoms with Crippen LogP contribution in [-0.2, 0) is 9.53 Å². The number of benzene rings is 2. The lowest BCUT2D eigenvalue weighted by Crippen LogP contribution is -2.20. The fourth-order valence-electron chi connectivity index (χ4n) is 2.53. The van der Waals surface area contributed by atoms with Gasteiger partial charge in [-0.1, -0.05) is 35.4 Å². The van der Waals surface area contributed by atoms with E-state index in [9.17, 15) is 9.59 Å². The SMILES string of the molecule is COC(=O)c1cc(OCC(=O)Nc2ccccc2Cl)c2cc(C)ccc2n1. The summed E-state index contributed by atoms with van der Waals surface area (Å²) in [5.74, 6) is -0.582. The lowest BCUT2D eigenvalue weighted by Gasteiger charge is -2.12. The molecule has 0 saturated heterocycles. The van der Waals surface area contributed by atoms with Crippen molar-refractivity contribution in [1.82, 2.24) is 4.98 Å². The zero-order chi connectivity index (χ0) is 19.4. The Morgan fingerprint density at radius 2 is 1.93 bits per heavy atom. The number of methoxy groups -OCH3 is 1. The van der Waals surface area contributed by atoms with Crippen molar-refractivity contribution >= 4 is 40.1 Å². The van der Waals surface area contributed by atoms with Crippen molar-refractivity contribution in [2.75, 3.05) is 19.0 Å². The molecule has 1 aromatic heterocycles. The molecule has 1 N–H and O–H groups in total. The Morgan fingerprint density at radius 3 is 2.67 bits per heavy atom. The summed E-state index contributed by atoms with van der Waals surface area (Å²) in [7, 11) is 1.28. The number of amides is 1. The molecule has 0 bridgehead atoms. The van der Waals surface area contributed by atoms with Gasteiger partial charge in [0.15, 0.2) is 12.3 Å². The molecule has 0 spiro atoms. The highest BCUT2D eigenvalue weighted by Crippen LogP contribution is 2.27. The van der Waals surface area contributed by atoms with Gasteiger partial charge in [0, 0.05) is 11.5 Å². The minimum Gasteiger partial charge on any atom is -0.483 e. The first-order valence-corrected chi connectivity index (χ1v) is 8.52. The normalized spacial score (nSPS) is 10.5. The molecule has 1 amide bonds. The summed E-state index contributed by atoms with van der Waals surface area (Å²) in [5, 5.41) is 3.82. The van der Waals surface area contributed by atoms with Gasteiger partial charge in [0.05, 0.1) is 23.3 Å². The first kappa shape index (κ1) is 18.7. The average molecular weight is 385 g/mol. The Kier molecular flexibility index (Phi) is 5.57. The molecule has 6 nitrogen and oxygen atoms in total. The van der Waals surface area contributed by atoms with E-state index in [1.165, 1.54) is 13.2 Å². The molecule has 0 fully saturated rings. The maximum Gasteiger partial charge on any atom is 0.356 e. The first-order valence-electron chi connectivity index (χ1n) is 8.15. The van der Waals surface area contributed by atoms with Crippen LogP contribution < -0.4 is 10.1 Å². The van der Waals surface area contributed by atoms with Gasteiger partial charge >= 0.3 is 5.97 Å². The number of ether oxygens (including phenoxy) is 2. The predicted octanol–water partition coefficient (Wildman–Crippen LogP) is 4.00. The van der Waals surface area contributed by atoms with Crippen LogP contribution >= 0.6 is 11.6 Å². The quantitative estimate of drug-likeness (QED) is 0.673. The number of anilines is 1. The topological polar surface area (TPSA) is 77.5 Å². The first-order chi connectivity index (χ1) is 13.0. The van der Waals surface area contributed by atoms with Crippen LogP contribution in [0.25, 0.3) is 10.9 Å². The summed E-state index contributed by atoms with van der Waals surface area (Å²) in [4.78, 5) is 28.4. The molecule has 27 heavy (non-hydrogen) atoms. The molecular weight excluding hydrogens is 368 g/mol. The molecule has 0 aliphatic carbocycles. The van der Waals surface area contributed by atoms with Gasteiger partial charge in [0.1, 0.15) is 5.75 Å². The fourth-order valence-corrected chi connectivity index (χ4v) is 2.71. The molecule has 2 aromatic carbocycles. The molecule has 7 heteroatoms. The van der Waals surface area contributed by atoms with Crippen LogP contribution in [0.15, 0.2) is 48.5 Å². The molecule has 0 unspecified atom stereocenters. The van der Waals surface area contributed by atoms with E-state index in [4.69, 9.17) is 21.1 Å². The highest BCUT2D eigenvalue weighted by Gasteiger charge is 2.15. The number of carbonyl (C=O) groups excluding carboxylic acids is 2. The van der Waals surface area contributed by atoms with Crippen LogP contribution in [-0.4, -0.2) is 30.6 Å². The largest absolute Gasteiger partial charge is 0.483 e. The van der Waals surface area contributed by atoms with Crippen LogP contribution in [0.5, 0.6) is 5.75 Å². The van der Waals surface area contributed by atoms with E-state index in [1.807, 2.05) is 19.1 Å². The summed E-state index contributed by atoms with van der Waals surface area (Å²) < 4.78 is 10.4. The number of nitrogens with zero attached hydrogens (tertiary/aromatic N) is 1. The van der Waals surface area contributed by atoms with Crippen LogP contribution in [0.4, 0.5) is 5.69 Å². The molecular formula is C20H17ClN2O4. The average Bonchev–Trinajstić information content (AvgIpc) is 2.67. The number of aryl methyl sites for hydroxylation is 1. The highest BCUT2D eigenvalue weighted by molar-refractivity contribution is 6.33. The summed E-state index contributed by atoms with van der Waals surface area (Å²) in [6.07, 6.45) is 0. The van der Waals surface area contributed by atoms with E-state index in [0.717, 1.165) is 5.56 Å². The van der Waals surface area contributed by atoms with Crippen molar-refractivity contribution in [3.63, 3.8) is 0 Å². The number of hydrogen-bond donors (Lipinski definition) is 1. The van der Waals surface area contributed by atoms with Crippen LogP contribution in [0.1, 0.15) is 16.1 Å². The van der Waals surface area contributed by atoms with Crippen LogP contribution in [0.3, 0.4) is 0 Å². The molecule has 0 atom stereocenters. The Balaban J connectivity index is 1.84. The smallest absolute Gasteiger partial charge is 0.356 e. The van der Waals surface area contributed by atoms with Gasteiger partial charge in [-0.2, -0.15) is 0 Å². The Morgan fingerprint density at radius 1 is 1.15 bits per heavy atom. The minimum atomic E-state index is -0.581.